The van der Waals surface area contributed by atoms with Gasteiger partial charge in [0.15, 0.2) is 5.11 Å². The summed E-state index contributed by atoms with van der Waals surface area (Å²) in [6, 6.07) is 3.62. The van der Waals surface area contributed by atoms with E-state index in [0.29, 0.717) is 11.7 Å². The fourth-order valence-corrected chi connectivity index (χ4v) is 2.02. The van der Waals surface area contributed by atoms with Crippen LogP contribution in [0.5, 0.6) is 0 Å². The molecular weight excluding hydrogens is 328 g/mol. The van der Waals surface area contributed by atoms with Crippen molar-refractivity contribution in [3.8, 4) is 0 Å². The van der Waals surface area contributed by atoms with Crippen LogP contribution in [0.1, 0.15) is 36.5 Å². The van der Waals surface area contributed by atoms with E-state index in [4.69, 9.17) is 23.8 Å². The Morgan fingerprint density at radius 3 is 2.68 bits per heavy atom. The molecule has 0 spiro atoms. The summed E-state index contributed by atoms with van der Waals surface area (Å²) >= 11 is 10.9. The standard InChI is InChI=1S/C13H17ClN4O3S/c1-2-3-4-7-15-13(22)17-16-12(19)10-6-5-9(18(20)21)8-11(10)14/h5-6,8H,2-4,7H2,1H3,(H,16,19)(H2,15,17,22). The number of unbranched alkanes of at least 4 members (excludes halogenated alkanes) is 2. The number of hydrogen-bond acceptors (Lipinski definition) is 4. The number of nitro groups is 1. The summed E-state index contributed by atoms with van der Waals surface area (Å²) in [6.45, 7) is 2.82. The zero-order chi connectivity index (χ0) is 16.5. The van der Waals surface area contributed by atoms with Gasteiger partial charge in [-0.2, -0.15) is 0 Å². The molecule has 0 fully saturated rings. The predicted octanol–water partition coefficient (Wildman–Crippen LogP) is 2.55. The van der Waals surface area contributed by atoms with Gasteiger partial charge in [-0.1, -0.05) is 31.4 Å². The summed E-state index contributed by atoms with van der Waals surface area (Å²) in [5, 5.41) is 13.8. The molecular formula is C13H17ClN4O3S. The largest absolute Gasteiger partial charge is 0.361 e. The second-order valence-corrected chi connectivity index (χ2v) is 5.28. The summed E-state index contributed by atoms with van der Waals surface area (Å²) in [6.07, 6.45) is 3.19. The molecule has 1 aromatic carbocycles. The maximum absolute atomic E-state index is 11.9. The van der Waals surface area contributed by atoms with Crippen molar-refractivity contribution in [1.82, 2.24) is 16.2 Å². The summed E-state index contributed by atoms with van der Waals surface area (Å²) < 4.78 is 0. The number of nitrogens with one attached hydrogen (secondary N) is 3. The molecule has 0 aromatic heterocycles. The molecule has 1 rings (SSSR count). The highest BCUT2D eigenvalue weighted by Crippen LogP contribution is 2.22. The number of nitrogens with zero attached hydrogens (tertiary/aromatic N) is 1. The SMILES string of the molecule is CCCCCNC(=S)NNC(=O)c1ccc([N+](=O)[O-])cc1Cl. The number of amides is 1. The molecule has 3 N–H and O–H groups in total. The normalized spacial score (nSPS) is 9.91. The molecule has 1 aromatic rings. The third kappa shape index (κ3) is 5.82. The Labute approximate surface area is 138 Å². The lowest BCUT2D eigenvalue weighted by atomic mass is 10.2. The lowest BCUT2D eigenvalue weighted by Crippen LogP contribution is -2.47. The molecule has 0 aliphatic rings. The summed E-state index contributed by atoms with van der Waals surface area (Å²) in [5.74, 6) is -0.530. The molecule has 0 saturated heterocycles. The van der Waals surface area contributed by atoms with E-state index in [0.717, 1.165) is 25.3 Å². The van der Waals surface area contributed by atoms with Gasteiger partial charge >= 0.3 is 0 Å². The number of carbonyl (C=O) groups is 1. The van der Waals surface area contributed by atoms with E-state index in [9.17, 15) is 14.9 Å². The Bertz CT molecular complexity index is 568. The minimum Gasteiger partial charge on any atom is -0.361 e. The number of non-ortho nitro benzene ring substituents is 1. The van der Waals surface area contributed by atoms with Crippen molar-refractivity contribution in [3.05, 3.63) is 38.9 Å². The Hall–Kier alpha value is -1.93. The van der Waals surface area contributed by atoms with E-state index < -0.39 is 10.8 Å². The summed E-state index contributed by atoms with van der Waals surface area (Å²) in [5.41, 5.74) is 4.87. The highest BCUT2D eigenvalue weighted by atomic mass is 35.5. The van der Waals surface area contributed by atoms with Crippen LogP contribution in [0.2, 0.25) is 5.02 Å². The van der Waals surface area contributed by atoms with Crippen molar-refractivity contribution in [2.75, 3.05) is 6.54 Å². The highest BCUT2D eigenvalue weighted by molar-refractivity contribution is 7.80. The van der Waals surface area contributed by atoms with E-state index in [1.807, 2.05) is 0 Å². The molecule has 0 aliphatic carbocycles. The number of rotatable bonds is 6. The zero-order valence-electron chi connectivity index (χ0n) is 12.0. The van der Waals surface area contributed by atoms with Crippen LogP contribution in [-0.2, 0) is 0 Å². The molecule has 7 nitrogen and oxygen atoms in total. The van der Waals surface area contributed by atoms with Crippen LogP contribution in [0.25, 0.3) is 0 Å². The molecule has 120 valence electrons. The Morgan fingerprint density at radius 1 is 1.36 bits per heavy atom. The van der Waals surface area contributed by atoms with Gasteiger partial charge < -0.3 is 5.32 Å². The molecule has 0 aliphatic heterocycles. The average molecular weight is 345 g/mol. The van der Waals surface area contributed by atoms with E-state index >= 15 is 0 Å². The number of hydrogen-bond donors (Lipinski definition) is 3. The lowest BCUT2D eigenvalue weighted by Gasteiger charge is -2.11. The number of thiocarbonyl (C=S) groups is 1. The van der Waals surface area contributed by atoms with Gasteiger partial charge in [-0.3, -0.25) is 25.8 Å². The Kier molecular flexibility index (Phi) is 7.55. The molecule has 9 heteroatoms. The van der Waals surface area contributed by atoms with E-state index in [1.54, 1.807) is 0 Å². The highest BCUT2D eigenvalue weighted by Gasteiger charge is 2.14. The maximum atomic E-state index is 11.9. The lowest BCUT2D eigenvalue weighted by molar-refractivity contribution is -0.384. The van der Waals surface area contributed by atoms with Gasteiger partial charge in [0.05, 0.1) is 15.5 Å². The van der Waals surface area contributed by atoms with Crippen molar-refractivity contribution in [3.63, 3.8) is 0 Å². The third-order valence-electron chi connectivity index (χ3n) is 2.76. The second kappa shape index (κ2) is 9.16. The smallest absolute Gasteiger partial charge is 0.271 e. The monoisotopic (exact) mass is 344 g/mol. The van der Waals surface area contributed by atoms with Crippen molar-refractivity contribution in [2.45, 2.75) is 26.2 Å². The van der Waals surface area contributed by atoms with Crippen molar-refractivity contribution >= 4 is 40.5 Å². The first-order valence-electron chi connectivity index (χ1n) is 6.73. The molecule has 0 bridgehead atoms. The molecule has 0 unspecified atom stereocenters. The summed E-state index contributed by atoms with van der Waals surface area (Å²) in [4.78, 5) is 21.9. The molecule has 0 heterocycles. The zero-order valence-corrected chi connectivity index (χ0v) is 13.6. The van der Waals surface area contributed by atoms with Crippen LogP contribution in [0.4, 0.5) is 5.69 Å². The number of hydrazine groups is 1. The van der Waals surface area contributed by atoms with E-state index in [-0.39, 0.29) is 16.3 Å². The van der Waals surface area contributed by atoms with Gasteiger partial charge in [-0.25, -0.2) is 0 Å². The first-order chi connectivity index (χ1) is 10.5. The van der Waals surface area contributed by atoms with Gasteiger partial charge in [0, 0.05) is 18.7 Å². The van der Waals surface area contributed by atoms with Crippen LogP contribution in [0.15, 0.2) is 18.2 Å². The molecule has 1 amide bonds. The predicted molar refractivity (Wildman–Crippen MR) is 88.8 cm³/mol. The van der Waals surface area contributed by atoms with Gasteiger partial charge in [0.25, 0.3) is 11.6 Å². The van der Waals surface area contributed by atoms with Crippen molar-refractivity contribution < 1.29 is 9.72 Å². The maximum Gasteiger partial charge on any atom is 0.271 e. The van der Waals surface area contributed by atoms with Crippen LogP contribution in [0.3, 0.4) is 0 Å². The number of nitro benzene ring substituents is 1. The summed E-state index contributed by atoms with van der Waals surface area (Å²) in [7, 11) is 0. The fourth-order valence-electron chi connectivity index (χ4n) is 1.60. The van der Waals surface area contributed by atoms with Crippen molar-refractivity contribution in [1.29, 1.82) is 0 Å². The second-order valence-electron chi connectivity index (χ2n) is 4.46. The number of benzene rings is 1. The molecule has 0 radical (unpaired) electrons. The van der Waals surface area contributed by atoms with Crippen LogP contribution >= 0.6 is 23.8 Å². The molecule has 0 saturated carbocycles. The Morgan fingerprint density at radius 2 is 2.09 bits per heavy atom. The molecule has 0 atom stereocenters. The Balaban J connectivity index is 2.48. The van der Waals surface area contributed by atoms with Crippen molar-refractivity contribution in [2.24, 2.45) is 0 Å². The van der Waals surface area contributed by atoms with Crippen LogP contribution in [-0.4, -0.2) is 22.5 Å². The third-order valence-corrected chi connectivity index (χ3v) is 3.32. The minimum absolute atomic E-state index is 0.00433. The van der Waals surface area contributed by atoms with Gasteiger partial charge in [0.1, 0.15) is 0 Å². The van der Waals surface area contributed by atoms with E-state index in [2.05, 4.69) is 23.1 Å². The van der Waals surface area contributed by atoms with Gasteiger partial charge in [-0.15, -0.1) is 0 Å². The average Bonchev–Trinajstić information content (AvgIpc) is 2.49. The van der Waals surface area contributed by atoms with Gasteiger partial charge in [0.2, 0.25) is 0 Å². The minimum atomic E-state index is -0.582. The van der Waals surface area contributed by atoms with Crippen LogP contribution < -0.4 is 16.2 Å². The van der Waals surface area contributed by atoms with E-state index in [1.165, 1.54) is 12.1 Å². The fraction of sp³-hybridized carbons (Fsp3) is 0.385. The number of halogens is 1. The van der Waals surface area contributed by atoms with Gasteiger partial charge in [-0.05, 0) is 24.7 Å². The van der Waals surface area contributed by atoms with Crippen LogP contribution in [0, 0.1) is 10.1 Å². The first kappa shape index (κ1) is 18.1. The quantitative estimate of drug-likeness (QED) is 0.317. The topological polar surface area (TPSA) is 96.3 Å². The molecule has 22 heavy (non-hydrogen) atoms. The number of carbonyl (C=O) groups excluding carboxylic acids is 1. The first-order valence-corrected chi connectivity index (χ1v) is 7.52.